The molecule has 19 heavy (non-hydrogen) atoms. The molecule has 0 fully saturated rings. The smallest absolute Gasteiger partial charge is 0.222 e. The van der Waals surface area contributed by atoms with Crippen LogP contribution in [0.5, 0.6) is 0 Å². The lowest BCUT2D eigenvalue weighted by Gasteiger charge is -2.02. The Morgan fingerprint density at radius 3 is 3.00 bits per heavy atom. The van der Waals surface area contributed by atoms with Gasteiger partial charge in [-0.2, -0.15) is 5.26 Å². The minimum atomic E-state index is 0.221. The van der Waals surface area contributed by atoms with Gasteiger partial charge in [-0.15, -0.1) is 0 Å². The van der Waals surface area contributed by atoms with Crippen molar-refractivity contribution in [1.82, 2.24) is 15.0 Å². The SMILES string of the molecule is N#Cc1ccc2c(-c3nc(Cl)ncc3I)c[nH]c2c1. The summed E-state index contributed by atoms with van der Waals surface area (Å²) in [6, 6.07) is 7.63. The molecule has 0 amide bonds. The van der Waals surface area contributed by atoms with Crippen LogP contribution in [0.2, 0.25) is 5.28 Å². The Labute approximate surface area is 127 Å². The van der Waals surface area contributed by atoms with Crippen LogP contribution in [0.1, 0.15) is 5.56 Å². The summed E-state index contributed by atoms with van der Waals surface area (Å²) in [4.78, 5) is 11.4. The Balaban J connectivity index is 2.26. The molecule has 0 atom stereocenters. The molecule has 4 nitrogen and oxygen atoms in total. The van der Waals surface area contributed by atoms with Crippen LogP contribution in [0.15, 0.2) is 30.6 Å². The Bertz CT molecular complexity index is 819. The highest BCUT2D eigenvalue weighted by Gasteiger charge is 2.12. The quantitative estimate of drug-likeness (QED) is 0.516. The van der Waals surface area contributed by atoms with Gasteiger partial charge in [0.1, 0.15) is 0 Å². The minimum Gasteiger partial charge on any atom is -0.360 e. The number of nitriles is 1. The summed E-state index contributed by atoms with van der Waals surface area (Å²) in [5.41, 5.74) is 3.26. The molecule has 2 heterocycles. The second-order valence-corrected chi connectivity index (χ2v) is 5.41. The van der Waals surface area contributed by atoms with Gasteiger partial charge in [-0.25, -0.2) is 9.97 Å². The summed E-state index contributed by atoms with van der Waals surface area (Å²) in [7, 11) is 0. The van der Waals surface area contributed by atoms with E-state index >= 15 is 0 Å². The zero-order valence-electron chi connectivity index (χ0n) is 9.48. The van der Waals surface area contributed by atoms with E-state index in [0.717, 1.165) is 25.7 Å². The van der Waals surface area contributed by atoms with Crippen molar-refractivity contribution in [2.75, 3.05) is 0 Å². The number of nitrogens with one attached hydrogen (secondary N) is 1. The van der Waals surface area contributed by atoms with Gasteiger partial charge in [-0.1, -0.05) is 6.07 Å². The first kappa shape index (κ1) is 12.4. The van der Waals surface area contributed by atoms with Crippen LogP contribution in [-0.4, -0.2) is 15.0 Å². The number of H-pyrrole nitrogens is 1. The van der Waals surface area contributed by atoms with E-state index in [2.05, 4.69) is 43.6 Å². The van der Waals surface area contributed by atoms with Crippen LogP contribution in [0.25, 0.3) is 22.2 Å². The maximum Gasteiger partial charge on any atom is 0.222 e. The van der Waals surface area contributed by atoms with Crippen molar-refractivity contribution in [3.8, 4) is 17.3 Å². The fourth-order valence-corrected chi connectivity index (χ4v) is 2.61. The van der Waals surface area contributed by atoms with Crippen molar-refractivity contribution in [2.45, 2.75) is 0 Å². The largest absolute Gasteiger partial charge is 0.360 e. The van der Waals surface area contributed by atoms with Crippen molar-refractivity contribution < 1.29 is 0 Å². The fraction of sp³-hybridized carbons (Fsp3) is 0. The summed E-state index contributed by atoms with van der Waals surface area (Å²) >= 11 is 8.03. The van der Waals surface area contributed by atoms with Gasteiger partial charge < -0.3 is 4.98 Å². The van der Waals surface area contributed by atoms with Crippen molar-refractivity contribution in [3.63, 3.8) is 0 Å². The van der Waals surface area contributed by atoms with Crippen LogP contribution in [-0.2, 0) is 0 Å². The maximum atomic E-state index is 8.90. The zero-order valence-corrected chi connectivity index (χ0v) is 12.4. The van der Waals surface area contributed by atoms with E-state index in [1.807, 2.05) is 18.3 Å². The highest BCUT2D eigenvalue weighted by molar-refractivity contribution is 14.1. The van der Waals surface area contributed by atoms with Crippen LogP contribution in [0.3, 0.4) is 0 Å². The maximum absolute atomic E-state index is 8.90. The number of benzene rings is 1. The lowest BCUT2D eigenvalue weighted by atomic mass is 10.1. The van der Waals surface area contributed by atoms with Gasteiger partial charge >= 0.3 is 0 Å². The summed E-state index contributed by atoms with van der Waals surface area (Å²) < 4.78 is 0.923. The van der Waals surface area contributed by atoms with Crippen molar-refractivity contribution in [3.05, 3.63) is 45.0 Å². The number of hydrogen-bond donors (Lipinski definition) is 1. The molecule has 0 aliphatic rings. The normalized spacial score (nSPS) is 10.6. The van der Waals surface area contributed by atoms with Crippen LogP contribution >= 0.6 is 34.2 Å². The predicted octanol–water partition coefficient (Wildman–Crippen LogP) is 3.75. The topological polar surface area (TPSA) is 65.4 Å². The molecule has 3 aromatic rings. The van der Waals surface area contributed by atoms with Crippen LogP contribution in [0.4, 0.5) is 0 Å². The number of aromatic amines is 1. The third-order valence-corrected chi connectivity index (χ3v) is 3.75. The molecule has 6 heteroatoms. The molecule has 0 bridgehead atoms. The summed E-state index contributed by atoms with van der Waals surface area (Å²) in [5, 5.41) is 10.1. The van der Waals surface area contributed by atoms with E-state index in [-0.39, 0.29) is 5.28 Å². The third-order valence-electron chi connectivity index (χ3n) is 2.78. The second-order valence-electron chi connectivity index (χ2n) is 3.91. The standard InChI is InChI=1S/C13H6ClIN4/c14-13-18-6-10(15)12(19-13)9-5-17-11-3-7(4-16)1-2-8(9)11/h1-3,5-6,17H. The van der Waals surface area contributed by atoms with Crippen molar-refractivity contribution >= 4 is 45.1 Å². The molecule has 2 aromatic heterocycles. The number of halogens is 2. The summed E-state index contributed by atoms with van der Waals surface area (Å²) in [6.07, 6.45) is 3.56. The average molecular weight is 381 g/mol. The van der Waals surface area contributed by atoms with Crippen molar-refractivity contribution in [2.24, 2.45) is 0 Å². The second kappa shape index (κ2) is 4.79. The molecular weight excluding hydrogens is 375 g/mol. The molecule has 92 valence electrons. The monoisotopic (exact) mass is 380 g/mol. The zero-order chi connectivity index (χ0) is 13.4. The number of rotatable bonds is 1. The van der Waals surface area contributed by atoms with E-state index in [1.165, 1.54) is 0 Å². The highest BCUT2D eigenvalue weighted by atomic mass is 127. The van der Waals surface area contributed by atoms with E-state index in [0.29, 0.717) is 5.56 Å². The van der Waals surface area contributed by atoms with Crippen molar-refractivity contribution in [1.29, 1.82) is 5.26 Å². The fourth-order valence-electron chi connectivity index (χ4n) is 1.93. The number of nitrogens with zero attached hydrogens (tertiary/aromatic N) is 3. The van der Waals surface area contributed by atoms with E-state index < -0.39 is 0 Å². The molecule has 0 unspecified atom stereocenters. The number of hydrogen-bond acceptors (Lipinski definition) is 3. The lowest BCUT2D eigenvalue weighted by Crippen LogP contribution is -1.90. The first-order chi connectivity index (χ1) is 9.19. The predicted molar refractivity (Wildman–Crippen MR) is 81.8 cm³/mol. The first-order valence-electron chi connectivity index (χ1n) is 5.38. The van der Waals surface area contributed by atoms with E-state index in [9.17, 15) is 0 Å². The van der Waals surface area contributed by atoms with Gasteiger partial charge in [0, 0.05) is 28.9 Å². The molecular formula is C13H6ClIN4. The Morgan fingerprint density at radius 2 is 2.21 bits per heavy atom. The Hall–Kier alpha value is -1.65. The molecule has 0 radical (unpaired) electrons. The van der Waals surface area contributed by atoms with Gasteiger partial charge in [0.15, 0.2) is 0 Å². The molecule has 0 saturated carbocycles. The minimum absolute atomic E-state index is 0.221. The van der Waals surface area contributed by atoms with Gasteiger partial charge in [-0.05, 0) is 46.3 Å². The lowest BCUT2D eigenvalue weighted by molar-refractivity contribution is 1.16. The molecule has 0 aliphatic heterocycles. The third kappa shape index (κ3) is 2.17. The molecule has 1 N–H and O–H groups in total. The Kier molecular flexibility index (Phi) is 3.12. The number of aromatic nitrogens is 3. The first-order valence-corrected chi connectivity index (χ1v) is 6.84. The summed E-state index contributed by atoms with van der Waals surface area (Å²) in [6.45, 7) is 0. The van der Waals surface area contributed by atoms with Gasteiger partial charge in [0.05, 0.1) is 20.9 Å². The van der Waals surface area contributed by atoms with Crippen LogP contribution in [0, 0.1) is 14.9 Å². The molecule has 0 saturated heterocycles. The molecule has 1 aromatic carbocycles. The van der Waals surface area contributed by atoms with Gasteiger partial charge in [-0.3, -0.25) is 0 Å². The van der Waals surface area contributed by atoms with Gasteiger partial charge in [0.2, 0.25) is 5.28 Å². The van der Waals surface area contributed by atoms with E-state index in [4.69, 9.17) is 16.9 Å². The molecule has 0 aliphatic carbocycles. The number of fused-ring (bicyclic) bond motifs is 1. The Morgan fingerprint density at radius 1 is 1.37 bits per heavy atom. The molecule has 3 rings (SSSR count). The van der Waals surface area contributed by atoms with Gasteiger partial charge in [0.25, 0.3) is 0 Å². The highest BCUT2D eigenvalue weighted by Crippen LogP contribution is 2.31. The summed E-state index contributed by atoms with van der Waals surface area (Å²) in [5.74, 6) is 0. The van der Waals surface area contributed by atoms with E-state index in [1.54, 1.807) is 12.3 Å². The van der Waals surface area contributed by atoms with Crippen LogP contribution < -0.4 is 0 Å². The molecule has 0 spiro atoms. The average Bonchev–Trinajstić information content (AvgIpc) is 2.84.